The summed E-state index contributed by atoms with van der Waals surface area (Å²) in [5.41, 5.74) is 3.35. The predicted molar refractivity (Wildman–Crippen MR) is 173 cm³/mol. The van der Waals surface area contributed by atoms with E-state index in [-0.39, 0.29) is 12.2 Å². The zero-order valence-corrected chi connectivity index (χ0v) is 25.6. The first-order valence-corrected chi connectivity index (χ1v) is 15.4. The van der Waals surface area contributed by atoms with E-state index in [1.54, 1.807) is 18.4 Å². The van der Waals surface area contributed by atoms with Crippen LogP contribution in [-0.4, -0.2) is 23.8 Å². The van der Waals surface area contributed by atoms with Gasteiger partial charge in [-0.05, 0) is 66.4 Å². The normalized spacial score (nSPS) is 14.7. The second-order valence-corrected chi connectivity index (χ2v) is 11.3. The summed E-state index contributed by atoms with van der Waals surface area (Å²) in [6.45, 7) is 6.55. The monoisotopic (exact) mass is 604 g/mol. The van der Waals surface area contributed by atoms with Crippen molar-refractivity contribution in [1.82, 2.24) is 4.57 Å². The summed E-state index contributed by atoms with van der Waals surface area (Å²) in [5, 5.41) is 2.31. The number of nitrogens with zero attached hydrogens (tertiary/aromatic N) is 2. The number of thiazole rings is 1. The Labute approximate surface area is 259 Å². The number of ether oxygens (including phenoxy) is 3. The third kappa shape index (κ3) is 5.68. The van der Waals surface area contributed by atoms with Crippen molar-refractivity contribution in [1.29, 1.82) is 0 Å². The molecule has 6 rings (SSSR count). The first-order valence-electron chi connectivity index (χ1n) is 14.6. The quantitative estimate of drug-likeness (QED) is 0.195. The van der Waals surface area contributed by atoms with Crippen molar-refractivity contribution in [2.75, 3.05) is 13.2 Å². The molecular weight excluding hydrogens is 572 g/mol. The second kappa shape index (κ2) is 12.7. The van der Waals surface area contributed by atoms with Crippen molar-refractivity contribution in [2.45, 2.75) is 33.4 Å². The van der Waals surface area contributed by atoms with Crippen LogP contribution in [0.3, 0.4) is 0 Å². The molecular formula is C36H32N2O5S. The van der Waals surface area contributed by atoms with Gasteiger partial charge in [-0.3, -0.25) is 9.36 Å². The van der Waals surface area contributed by atoms with Crippen molar-refractivity contribution >= 4 is 34.2 Å². The molecule has 0 radical (unpaired) electrons. The maximum absolute atomic E-state index is 13.9. The molecule has 0 unspecified atom stereocenters. The summed E-state index contributed by atoms with van der Waals surface area (Å²) >= 11 is 1.29. The fourth-order valence-corrected chi connectivity index (χ4v) is 6.52. The maximum atomic E-state index is 13.9. The van der Waals surface area contributed by atoms with Crippen LogP contribution in [-0.2, 0) is 16.1 Å². The molecule has 222 valence electrons. The molecule has 5 aromatic rings. The maximum Gasteiger partial charge on any atom is 0.338 e. The summed E-state index contributed by atoms with van der Waals surface area (Å²) in [7, 11) is 0. The lowest BCUT2D eigenvalue weighted by Crippen LogP contribution is -2.39. The molecule has 0 saturated heterocycles. The number of carbonyl (C=O) groups is 1. The van der Waals surface area contributed by atoms with Crippen molar-refractivity contribution in [3.63, 3.8) is 0 Å². The summed E-state index contributed by atoms with van der Waals surface area (Å²) in [6, 6.07) is 28.9. The van der Waals surface area contributed by atoms with Gasteiger partial charge in [-0.25, -0.2) is 9.79 Å². The molecule has 8 heteroatoms. The summed E-state index contributed by atoms with van der Waals surface area (Å²) in [6.07, 6.45) is 1.83. The lowest BCUT2D eigenvalue weighted by molar-refractivity contribution is -0.139. The van der Waals surface area contributed by atoms with Gasteiger partial charge in [0.05, 0.1) is 35.1 Å². The van der Waals surface area contributed by atoms with Crippen LogP contribution in [0.4, 0.5) is 0 Å². The minimum atomic E-state index is -0.641. The number of aromatic nitrogens is 1. The second-order valence-electron chi connectivity index (χ2n) is 10.3. The molecule has 2 heterocycles. The molecule has 44 heavy (non-hydrogen) atoms. The Kier molecular flexibility index (Phi) is 8.43. The largest absolute Gasteiger partial charge is 0.490 e. The molecule has 0 fully saturated rings. The van der Waals surface area contributed by atoms with E-state index in [0.717, 1.165) is 27.5 Å². The van der Waals surface area contributed by atoms with Gasteiger partial charge in [0.2, 0.25) is 0 Å². The summed E-state index contributed by atoms with van der Waals surface area (Å²) in [4.78, 5) is 32.2. The molecule has 0 spiro atoms. The number of fused-ring (bicyclic) bond motifs is 2. The first-order chi connectivity index (χ1) is 21.5. The lowest BCUT2D eigenvalue weighted by atomic mass is 9.96. The highest BCUT2D eigenvalue weighted by Crippen LogP contribution is 2.32. The number of allylic oxidation sites excluding steroid dienone is 1. The van der Waals surface area contributed by atoms with Gasteiger partial charge in [0.1, 0.15) is 6.61 Å². The Balaban J connectivity index is 1.37. The third-order valence-corrected chi connectivity index (χ3v) is 8.44. The average Bonchev–Trinajstić information content (AvgIpc) is 3.34. The molecule has 4 aromatic carbocycles. The van der Waals surface area contributed by atoms with Crippen molar-refractivity contribution in [3.05, 3.63) is 139 Å². The number of esters is 1. The van der Waals surface area contributed by atoms with E-state index in [2.05, 4.69) is 29.3 Å². The van der Waals surface area contributed by atoms with Crippen LogP contribution in [0.25, 0.3) is 16.8 Å². The molecule has 0 aliphatic carbocycles. The van der Waals surface area contributed by atoms with E-state index in [1.807, 2.05) is 79.7 Å². The van der Waals surface area contributed by atoms with Gasteiger partial charge in [0.15, 0.2) is 16.3 Å². The minimum absolute atomic E-state index is 0.228. The first kappa shape index (κ1) is 29.1. The van der Waals surface area contributed by atoms with Crippen LogP contribution >= 0.6 is 11.3 Å². The minimum Gasteiger partial charge on any atom is -0.490 e. The van der Waals surface area contributed by atoms with Crippen LogP contribution in [0.5, 0.6) is 11.5 Å². The van der Waals surface area contributed by atoms with Gasteiger partial charge in [-0.1, -0.05) is 90.2 Å². The molecule has 0 bridgehead atoms. The van der Waals surface area contributed by atoms with E-state index in [4.69, 9.17) is 14.2 Å². The van der Waals surface area contributed by atoms with Crippen LogP contribution < -0.4 is 24.4 Å². The Morgan fingerprint density at radius 3 is 2.48 bits per heavy atom. The van der Waals surface area contributed by atoms with Gasteiger partial charge in [-0.15, -0.1) is 0 Å². The van der Waals surface area contributed by atoms with Crippen molar-refractivity contribution in [2.24, 2.45) is 4.99 Å². The average molecular weight is 605 g/mol. The number of hydrogen-bond donors (Lipinski definition) is 0. The number of rotatable bonds is 9. The number of hydrogen-bond acceptors (Lipinski definition) is 7. The Morgan fingerprint density at radius 1 is 0.909 bits per heavy atom. The smallest absolute Gasteiger partial charge is 0.338 e. The molecule has 0 amide bonds. The fraction of sp³-hybridized carbons (Fsp3) is 0.194. The molecule has 1 aliphatic heterocycles. The van der Waals surface area contributed by atoms with Crippen LogP contribution in [0.1, 0.15) is 43.5 Å². The van der Waals surface area contributed by atoms with Gasteiger partial charge >= 0.3 is 5.97 Å². The van der Waals surface area contributed by atoms with Crippen LogP contribution in [0.15, 0.2) is 112 Å². The third-order valence-electron chi connectivity index (χ3n) is 7.46. The zero-order chi connectivity index (χ0) is 30.6. The standard InChI is InChI=1S/C36H32N2O5S/c1-4-41-30-20-24(18-19-29(30)43-22-27-16-11-15-25-12-9-10-17-28(25)27)21-31-34(39)38-33(26-13-7-6-8-14-26)32(35(40)42-5-2)23(3)37-36(38)44-31/h6-21,33H,4-5,22H2,1-3H3/b31-21-/t33-/m0/s1. The van der Waals surface area contributed by atoms with Gasteiger partial charge < -0.3 is 14.2 Å². The summed E-state index contributed by atoms with van der Waals surface area (Å²) in [5.74, 6) is 0.742. The number of benzene rings is 4. The van der Waals surface area contributed by atoms with Crippen molar-refractivity contribution < 1.29 is 19.0 Å². The molecule has 7 nitrogen and oxygen atoms in total. The highest BCUT2D eigenvalue weighted by Gasteiger charge is 2.33. The summed E-state index contributed by atoms with van der Waals surface area (Å²) < 4.78 is 19.7. The Hall–Kier alpha value is -4.95. The molecule has 0 saturated carbocycles. The molecule has 1 atom stereocenters. The lowest BCUT2D eigenvalue weighted by Gasteiger charge is -2.24. The van der Waals surface area contributed by atoms with E-state index in [0.29, 0.717) is 45.3 Å². The van der Waals surface area contributed by atoms with Crippen LogP contribution in [0.2, 0.25) is 0 Å². The Morgan fingerprint density at radius 2 is 1.68 bits per heavy atom. The number of carbonyl (C=O) groups excluding carboxylic acids is 1. The topological polar surface area (TPSA) is 79.1 Å². The van der Waals surface area contributed by atoms with Gasteiger partial charge in [0, 0.05) is 0 Å². The van der Waals surface area contributed by atoms with Gasteiger partial charge in [-0.2, -0.15) is 0 Å². The van der Waals surface area contributed by atoms with Gasteiger partial charge in [0.25, 0.3) is 5.56 Å². The highest BCUT2D eigenvalue weighted by atomic mass is 32.1. The van der Waals surface area contributed by atoms with Crippen molar-refractivity contribution in [3.8, 4) is 11.5 Å². The van der Waals surface area contributed by atoms with E-state index >= 15 is 0 Å². The SMILES string of the molecule is CCOC(=O)C1=C(C)N=c2s/c(=C\c3ccc(OCc4cccc5ccccc45)c(OCC)c3)c(=O)n2[C@H]1c1ccccc1. The highest BCUT2D eigenvalue weighted by molar-refractivity contribution is 7.07. The van der Waals surface area contributed by atoms with E-state index in [9.17, 15) is 9.59 Å². The molecule has 0 N–H and O–H groups in total. The van der Waals surface area contributed by atoms with E-state index in [1.165, 1.54) is 11.3 Å². The Bertz CT molecular complexity index is 2050. The van der Waals surface area contributed by atoms with E-state index < -0.39 is 12.0 Å². The fourth-order valence-electron chi connectivity index (χ4n) is 5.47. The van der Waals surface area contributed by atoms with Crippen LogP contribution in [0, 0.1) is 0 Å². The predicted octanol–water partition coefficient (Wildman–Crippen LogP) is 5.93. The molecule has 1 aliphatic rings. The molecule has 1 aromatic heterocycles. The zero-order valence-electron chi connectivity index (χ0n) is 24.8.